The largest absolute Gasteiger partial charge is 0.323 e. The van der Waals surface area contributed by atoms with E-state index in [1.54, 1.807) is 0 Å². The molecule has 0 bridgehead atoms. The number of benzene rings is 1. The maximum Gasteiger partial charge on any atom is 0.0456 e. The van der Waals surface area contributed by atoms with Crippen LogP contribution in [0, 0.1) is 11.8 Å². The number of aryl methyl sites for hydroxylation is 1. The smallest absolute Gasteiger partial charge is 0.0456 e. The predicted octanol–water partition coefficient (Wildman–Crippen LogP) is 3.37. The summed E-state index contributed by atoms with van der Waals surface area (Å²) in [6.07, 6.45) is 3.75. The maximum atomic E-state index is 6.63. The van der Waals surface area contributed by atoms with Crippen LogP contribution in [0.4, 0.5) is 0 Å². The molecule has 1 aromatic rings. The van der Waals surface area contributed by atoms with E-state index in [0.29, 0.717) is 12.1 Å². The Morgan fingerprint density at radius 1 is 1.15 bits per heavy atom. The summed E-state index contributed by atoms with van der Waals surface area (Å²) in [7, 11) is 0. The van der Waals surface area contributed by atoms with Crippen LogP contribution in [0.2, 0.25) is 0 Å². The Hall–Kier alpha value is -0.860. The van der Waals surface area contributed by atoms with Crippen molar-refractivity contribution in [1.82, 2.24) is 4.90 Å². The van der Waals surface area contributed by atoms with Gasteiger partial charge in [0.05, 0.1) is 0 Å². The van der Waals surface area contributed by atoms with E-state index < -0.39 is 0 Å². The Kier molecular flexibility index (Phi) is 3.87. The average molecular weight is 272 g/mol. The first kappa shape index (κ1) is 14.1. The van der Waals surface area contributed by atoms with Crippen molar-refractivity contribution in [3.8, 4) is 0 Å². The first-order valence-electron chi connectivity index (χ1n) is 8.17. The summed E-state index contributed by atoms with van der Waals surface area (Å²) >= 11 is 0. The lowest BCUT2D eigenvalue weighted by Crippen LogP contribution is -2.55. The number of nitrogens with zero attached hydrogens (tertiary/aromatic N) is 1. The minimum Gasteiger partial charge on any atom is -0.323 e. The molecule has 2 N–H and O–H groups in total. The fraction of sp³-hybridized carbons (Fsp3) is 0.667. The fourth-order valence-corrected chi connectivity index (χ4v) is 4.35. The van der Waals surface area contributed by atoms with Gasteiger partial charge in [0.2, 0.25) is 0 Å². The van der Waals surface area contributed by atoms with Crippen molar-refractivity contribution >= 4 is 0 Å². The molecule has 2 heteroatoms. The van der Waals surface area contributed by atoms with E-state index in [-0.39, 0.29) is 6.04 Å². The molecule has 0 aromatic heterocycles. The van der Waals surface area contributed by atoms with Crippen molar-refractivity contribution in [3.63, 3.8) is 0 Å². The van der Waals surface area contributed by atoms with Crippen molar-refractivity contribution < 1.29 is 0 Å². The van der Waals surface area contributed by atoms with E-state index in [1.165, 1.54) is 36.9 Å². The summed E-state index contributed by atoms with van der Waals surface area (Å²) in [5.41, 5.74) is 9.47. The van der Waals surface area contributed by atoms with Gasteiger partial charge >= 0.3 is 0 Å². The Balaban J connectivity index is 1.84. The van der Waals surface area contributed by atoms with Crippen LogP contribution in [0.25, 0.3) is 0 Å². The second kappa shape index (κ2) is 5.50. The van der Waals surface area contributed by atoms with Crippen LogP contribution in [-0.4, -0.2) is 23.5 Å². The highest BCUT2D eigenvalue weighted by atomic mass is 15.2. The predicted molar refractivity (Wildman–Crippen MR) is 84.6 cm³/mol. The SMILES string of the molecule is CC1CC(C)C(C)N(C2CCc3ccccc3C2N)C1. The van der Waals surface area contributed by atoms with Gasteiger partial charge in [0.1, 0.15) is 0 Å². The van der Waals surface area contributed by atoms with Crippen LogP contribution < -0.4 is 5.73 Å². The van der Waals surface area contributed by atoms with Gasteiger partial charge in [-0.25, -0.2) is 0 Å². The molecule has 2 aliphatic rings. The first-order valence-corrected chi connectivity index (χ1v) is 8.17. The van der Waals surface area contributed by atoms with Gasteiger partial charge in [-0.05, 0) is 49.1 Å². The van der Waals surface area contributed by atoms with Crippen LogP contribution in [0.5, 0.6) is 0 Å². The standard InChI is InChI=1S/C18H28N2/c1-12-10-13(2)14(3)20(11-12)17-9-8-15-6-4-5-7-16(15)18(17)19/h4-7,12-14,17-18H,8-11,19H2,1-3H3. The van der Waals surface area contributed by atoms with Gasteiger partial charge < -0.3 is 5.73 Å². The zero-order valence-corrected chi connectivity index (χ0v) is 13.0. The highest BCUT2D eigenvalue weighted by Gasteiger charge is 2.38. The summed E-state index contributed by atoms with van der Waals surface area (Å²) in [6, 6.07) is 10.1. The number of hydrogen-bond acceptors (Lipinski definition) is 2. The normalized spacial score (nSPS) is 38.5. The van der Waals surface area contributed by atoms with Crippen molar-refractivity contribution in [1.29, 1.82) is 0 Å². The number of likely N-dealkylation sites (tertiary alicyclic amines) is 1. The molecule has 110 valence electrons. The quantitative estimate of drug-likeness (QED) is 0.849. The summed E-state index contributed by atoms with van der Waals surface area (Å²) in [6.45, 7) is 8.39. The third kappa shape index (κ3) is 2.40. The molecular weight excluding hydrogens is 244 g/mol. The molecule has 0 spiro atoms. The number of piperidine rings is 1. The monoisotopic (exact) mass is 272 g/mol. The van der Waals surface area contributed by atoms with Crippen LogP contribution in [0.1, 0.15) is 50.8 Å². The summed E-state index contributed by atoms with van der Waals surface area (Å²) < 4.78 is 0. The van der Waals surface area contributed by atoms with Gasteiger partial charge in [0, 0.05) is 24.7 Å². The van der Waals surface area contributed by atoms with Crippen molar-refractivity contribution in [3.05, 3.63) is 35.4 Å². The number of fused-ring (bicyclic) bond motifs is 1. The highest BCUT2D eigenvalue weighted by molar-refractivity contribution is 5.33. The molecule has 1 aromatic carbocycles. The van der Waals surface area contributed by atoms with Crippen molar-refractivity contribution in [2.75, 3.05) is 6.54 Å². The van der Waals surface area contributed by atoms with Crippen LogP contribution in [0.3, 0.4) is 0 Å². The molecule has 20 heavy (non-hydrogen) atoms. The molecule has 0 saturated carbocycles. The van der Waals surface area contributed by atoms with Crippen LogP contribution in [0.15, 0.2) is 24.3 Å². The van der Waals surface area contributed by atoms with E-state index in [4.69, 9.17) is 5.73 Å². The van der Waals surface area contributed by atoms with Crippen molar-refractivity contribution in [2.24, 2.45) is 17.6 Å². The minimum atomic E-state index is 0.180. The lowest BCUT2D eigenvalue weighted by molar-refractivity contribution is 0.0239. The minimum absolute atomic E-state index is 0.180. The van der Waals surface area contributed by atoms with Crippen LogP contribution >= 0.6 is 0 Å². The van der Waals surface area contributed by atoms with Crippen molar-refractivity contribution in [2.45, 2.75) is 58.2 Å². The topological polar surface area (TPSA) is 29.3 Å². The molecule has 0 radical (unpaired) electrons. The van der Waals surface area contributed by atoms with Gasteiger partial charge in [0.25, 0.3) is 0 Å². The fourth-order valence-electron chi connectivity index (χ4n) is 4.35. The van der Waals surface area contributed by atoms with Gasteiger partial charge in [-0.3, -0.25) is 4.90 Å². The third-order valence-electron chi connectivity index (χ3n) is 5.61. The molecule has 0 amide bonds. The van der Waals surface area contributed by atoms with E-state index in [2.05, 4.69) is 49.9 Å². The number of hydrogen-bond donors (Lipinski definition) is 1. The van der Waals surface area contributed by atoms with Gasteiger partial charge in [-0.1, -0.05) is 38.1 Å². The molecule has 1 aliphatic heterocycles. The highest BCUT2D eigenvalue weighted by Crippen LogP contribution is 2.36. The summed E-state index contributed by atoms with van der Waals surface area (Å²) in [5, 5.41) is 0. The number of rotatable bonds is 1. The Labute approximate surface area is 123 Å². The zero-order valence-electron chi connectivity index (χ0n) is 13.0. The summed E-state index contributed by atoms with van der Waals surface area (Å²) in [5.74, 6) is 1.58. The molecule has 1 aliphatic carbocycles. The van der Waals surface area contributed by atoms with E-state index in [1.807, 2.05) is 0 Å². The van der Waals surface area contributed by atoms with Gasteiger partial charge in [-0.2, -0.15) is 0 Å². The molecule has 5 atom stereocenters. The Morgan fingerprint density at radius 2 is 1.90 bits per heavy atom. The van der Waals surface area contributed by atoms with E-state index in [0.717, 1.165) is 11.8 Å². The molecule has 1 fully saturated rings. The van der Waals surface area contributed by atoms with E-state index in [9.17, 15) is 0 Å². The molecular formula is C18H28N2. The molecule has 5 unspecified atom stereocenters. The molecule has 1 saturated heterocycles. The average Bonchev–Trinajstić information content (AvgIpc) is 2.44. The second-order valence-electron chi connectivity index (χ2n) is 7.09. The molecule has 2 nitrogen and oxygen atoms in total. The second-order valence-corrected chi connectivity index (χ2v) is 7.09. The Bertz CT molecular complexity index is 470. The molecule has 3 rings (SSSR count). The Morgan fingerprint density at radius 3 is 2.70 bits per heavy atom. The lowest BCUT2D eigenvalue weighted by atomic mass is 9.79. The summed E-state index contributed by atoms with van der Waals surface area (Å²) in [4.78, 5) is 2.71. The third-order valence-corrected chi connectivity index (χ3v) is 5.61. The first-order chi connectivity index (χ1) is 9.58. The maximum absolute atomic E-state index is 6.63. The molecule has 1 heterocycles. The van der Waals surface area contributed by atoms with Gasteiger partial charge in [0.15, 0.2) is 0 Å². The van der Waals surface area contributed by atoms with Crippen LogP contribution in [-0.2, 0) is 6.42 Å². The van der Waals surface area contributed by atoms with E-state index >= 15 is 0 Å². The van der Waals surface area contributed by atoms with Gasteiger partial charge in [-0.15, -0.1) is 0 Å². The lowest BCUT2D eigenvalue weighted by Gasteiger charge is -2.48. The zero-order chi connectivity index (χ0) is 14.3. The number of nitrogens with two attached hydrogens (primary N) is 1.